The molecule has 0 aromatic rings. The van der Waals surface area contributed by atoms with E-state index in [0.717, 1.165) is 19.3 Å². The van der Waals surface area contributed by atoms with Gasteiger partial charge in [-0.3, -0.25) is 0 Å². The second-order valence-electron chi connectivity index (χ2n) is 2.76. The van der Waals surface area contributed by atoms with Crippen molar-refractivity contribution in [1.29, 1.82) is 0 Å². The van der Waals surface area contributed by atoms with Crippen LogP contribution in [-0.2, 0) is 9.53 Å². The van der Waals surface area contributed by atoms with Gasteiger partial charge in [0.2, 0.25) is 0 Å². The minimum Gasteiger partial charge on any atom is -0.361 e. The van der Waals surface area contributed by atoms with Crippen molar-refractivity contribution >= 4 is 6.29 Å². The lowest BCUT2D eigenvalue weighted by atomic mass is 9.87. The van der Waals surface area contributed by atoms with Crippen LogP contribution in [-0.4, -0.2) is 31.1 Å². The minimum absolute atomic E-state index is 0.309. The molecular weight excluding hydrogens is 118 g/mol. The maximum absolute atomic E-state index is 10.4. The quantitative estimate of drug-likeness (QED) is 0.474. The highest BCUT2D eigenvalue weighted by Crippen LogP contribution is 2.32. The standard InChI is InChI=1S/C6H9NO2/c8-4-6-1-5(9-6)2-7-3-6/h4-5,7H,1-3H2/t5-,6+/m0/s1. The number of rotatable bonds is 1. The summed E-state index contributed by atoms with van der Waals surface area (Å²) in [6.07, 6.45) is 2.14. The van der Waals surface area contributed by atoms with Gasteiger partial charge in [0.25, 0.3) is 0 Å². The number of morpholine rings is 1. The zero-order valence-corrected chi connectivity index (χ0v) is 5.09. The van der Waals surface area contributed by atoms with E-state index in [1.165, 1.54) is 0 Å². The number of fused-ring (bicyclic) bond motifs is 2. The highest BCUT2D eigenvalue weighted by molar-refractivity contribution is 5.65. The largest absolute Gasteiger partial charge is 0.361 e. The van der Waals surface area contributed by atoms with Gasteiger partial charge < -0.3 is 14.8 Å². The molecule has 0 radical (unpaired) electrons. The van der Waals surface area contributed by atoms with Crippen molar-refractivity contribution in [3.8, 4) is 0 Å². The van der Waals surface area contributed by atoms with Crippen LogP contribution in [0.15, 0.2) is 0 Å². The minimum atomic E-state index is -0.428. The third kappa shape index (κ3) is 0.618. The van der Waals surface area contributed by atoms with Crippen LogP contribution in [0.3, 0.4) is 0 Å². The Labute approximate surface area is 53.4 Å². The van der Waals surface area contributed by atoms with Gasteiger partial charge in [-0.2, -0.15) is 0 Å². The van der Waals surface area contributed by atoms with Gasteiger partial charge in [0, 0.05) is 19.5 Å². The van der Waals surface area contributed by atoms with Gasteiger partial charge >= 0.3 is 0 Å². The number of aldehydes is 1. The van der Waals surface area contributed by atoms with Crippen molar-refractivity contribution in [3.63, 3.8) is 0 Å². The molecule has 3 heterocycles. The van der Waals surface area contributed by atoms with Gasteiger partial charge in [-0.1, -0.05) is 0 Å². The molecule has 3 aliphatic heterocycles. The molecule has 9 heavy (non-hydrogen) atoms. The van der Waals surface area contributed by atoms with Gasteiger partial charge in [-0.15, -0.1) is 0 Å². The average Bonchev–Trinajstić information content (AvgIpc) is 1.88. The van der Waals surface area contributed by atoms with E-state index in [0.29, 0.717) is 12.6 Å². The van der Waals surface area contributed by atoms with Crippen LogP contribution < -0.4 is 5.32 Å². The van der Waals surface area contributed by atoms with E-state index in [2.05, 4.69) is 5.32 Å². The second-order valence-corrected chi connectivity index (χ2v) is 2.76. The Kier molecular flexibility index (Phi) is 0.926. The summed E-state index contributed by atoms with van der Waals surface area (Å²) in [7, 11) is 0. The Bertz CT molecular complexity index is 134. The number of carbonyl (C=O) groups is 1. The van der Waals surface area contributed by atoms with Gasteiger partial charge in [0.1, 0.15) is 5.60 Å². The van der Waals surface area contributed by atoms with Crippen LogP contribution in [0.2, 0.25) is 0 Å². The van der Waals surface area contributed by atoms with Gasteiger partial charge in [0.05, 0.1) is 6.10 Å². The maximum atomic E-state index is 10.4. The second kappa shape index (κ2) is 1.55. The summed E-state index contributed by atoms with van der Waals surface area (Å²) >= 11 is 0. The molecule has 50 valence electrons. The fourth-order valence-electron chi connectivity index (χ4n) is 1.50. The first-order valence-corrected chi connectivity index (χ1v) is 3.19. The van der Waals surface area contributed by atoms with E-state index in [1.54, 1.807) is 0 Å². The van der Waals surface area contributed by atoms with E-state index in [9.17, 15) is 4.79 Å². The van der Waals surface area contributed by atoms with Crippen LogP contribution in [0.4, 0.5) is 0 Å². The number of hydrogen-bond acceptors (Lipinski definition) is 3. The molecule has 1 N–H and O–H groups in total. The molecule has 3 heteroatoms. The molecule has 0 spiro atoms. The molecule has 3 aliphatic rings. The molecule has 0 aromatic heterocycles. The van der Waals surface area contributed by atoms with Crippen LogP contribution in [0, 0.1) is 0 Å². The van der Waals surface area contributed by atoms with Crippen LogP contribution in [0.25, 0.3) is 0 Å². The van der Waals surface area contributed by atoms with Crippen LogP contribution in [0.5, 0.6) is 0 Å². The number of hydrogen-bond donors (Lipinski definition) is 1. The predicted octanol–water partition coefficient (Wildman–Crippen LogP) is -0.684. The van der Waals surface area contributed by atoms with E-state index < -0.39 is 5.60 Å². The van der Waals surface area contributed by atoms with Gasteiger partial charge in [-0.25, -0.2) is 0 Å². The molecule has 3 saturated heterocycles. The highest BCUT2D eigenvalue weighted by Gasteiger charge is 2.48. The fourth-order valence-corrected chi connectivity index (χ4v) is 1.50. The first kappa shape index (κ1) is 5.38. The van der Waals surface area contributed by atoms with Gasteiger partial charge in [0.15, 0.2) is 6.29 Å². The lowest BCUT2D eigenvalue weighted by molar-refractivity contribution is -0.209. The molecule has 3 nitrogen and oxygen atoms in total. The Morgan fingerprint density at radius 2 is 2.56 bits per heavy atom. The number of ether oxygens (including phenoxy) is 1. The Hall–Kier alpha value is -0.410. The third-order valence-corrected chi connectivity index (χ3v) is 1.99. The Morgan fingerprint density at radius 1 is 1.78 bits per heavy atom. The van der Waals surface area contributed by atoms with E-state index >= 15 is 0 Å². The molecule has 3 rings (SSSR count). The maximum Gasteiger partial charge on any atom is 0.153 e. The van der Waals surface area contributed by atoms with Crippen LogP contribution >= 0.6 is 0 Å². The average molecular weight is 127 g/mol. The van der Waals surface area contributed by atoms with Crippen molar-refractivity contribution in [2.24, 2.45) is 0 Å². The summed E-state index contributed by atoms with van der Waals surface area (Å²) in [4.78, 5) is 10.4. The summed E-state index contributed by atoms with van der Waals surface area (Å²) < 4.78 is 5.28. The van der Waals surface area contributed by atoms with E-state index in [1.807, 2.05) is 0 Å². The van der Waals surface area contributed by atoms with Crippen molar-refractivity contribution in [1.82, 2.24) is 5.32 Å². The smallest absolute Gasteiger partial charge is 0.153 e. The topological polar surface area (TPSA) is 38.3 Å². The van der Waals surface area contributed by atoms with Gasteiger partial charge in [-0.05, 0) is 0 Å². The molecular formula is C6H9NO2. The summed E-state index contributed by atoms with van der Waals surface area (Å²) in [6, 6.07) is 0. The monoisotopic (exact) mass is 127 g/mol. The summed E-state index contributed by atoms with van der Waals surface area (Å²) in [5.41, 5.74) is -0.428. The van der Waals surface area contributed by atoms with Crippen LogP contribution in [0.1, 0.15) is 6.42 Å². The van der Waals surface area contributed by atoms with Crippen molar-refractivity contribution in [2.75, 3.05) is 13.1 Å². The molecule has 3 fully saturated rings. The predicted molar refractivity (Wildman–Crippen MR) is 31.2 cm³/mol. The summed E-state index contributed by atoms with van der Waals surface area (Å²) in [5, 5.41) is 3.12. The zero-order valence-electron chi connectivity index (χ0n) is 5.09. The molecule has 0 amide bonds. The Morgan fingerprint density at radius 3 is 2.89 bits per heavy atom. The number of carbonyl (C=O) groups excluding carboxylic acids is 1. The molecule has 0 aromatic carbocycles. The summed E-state index contributed by atoms with van der Waals surface area (Å²) in [6.45, 7) is 1.61. The normalized spacial score (nSPS) is 47.8. The Balaban J connectivity index is 2.09. The SMILES string of the molecule is O=C[C@]12CNC[C@H](C1)O2. The van der Waals surface area contributed by atoms with Crippen molar-refractivity contribution < 1.29 is 9.53 Å². The molecule has 0 aliphatic carbocycles. The number of piperidine rings is 1. The third-order valence-electron chi connectivity index (χ3n) is 1.99. The lowest BCUT2D eigenvalue weighted by Crippen LogP contribution is -2.65. The van der Waals surface area contributed by atoms with Crippen molar-refractivity contribution in [2.45, 2.75) is 18.1 Å². The number of nitrogens with one attached hydrogen (secondary N) is 1. The zero-order chi connectivity index (χ0) is 6.32. The molecule has 0 saturated carbocycles. The molecule has 2 atom stereocenters. The molecule has 0 unspecified atom stereocenters. The van der Waals surface area contributed by atoms with E-state index in [-0.39, 0.29) is 0 Å². The molecule has 2 bridgehead atoms. The fraction of sp³-hybridized carbons (Fsp3) is 0.833. The van der Waals surface area contributed by atoms with Crippen molar-refractivity contribution in [3.05, 3.63) is 0 Å². The lowest BCUT2D eigenvalue weighted by Gasteiger charge is -2.48. The summed E-state index contributed by atoms with van der Waals surface area (Å²) in [5.74, 6) is 0. The highest BCUT2D eigenvalue weighted by atomic mass is 16.5. The van der Waals surface area contributed by atoms with E-state index in [4.69, 9.17) is 4.74 Å². The first-order valence-electron chi connectivity index (χ1n) is 3.19. The first-order chi connectivity index (χ1) is 4.35.